The number of hydrogen-bond acceptors (Lipinski definition) is 0. The summed E-state index contributed by atoms with van der Waals surface area (Å²) in [6.45, 7) is 0.469. The van der Waals surface area contributed by atoms with Crippen molar-refractivity contribution < 1.29 is 70.2 Å². The molecule has 0 aliphatic heterocycles. The van der Waals surface area contributed by atoms with Gasteiger partial charge in [-0.3, -0.25) is 0 Å². The van der Waals surface area contributed by atoms with E-state index in [4.69, 9.17) is 0 Å². The Morgan fingerprint density at radius 2 is 0.852 bits per heavy atom. The van der Waals surface area contributed by atoms with Gasteiger partial charge >= 0.3 is 42.0 Å². The van der Waals surface area contributed by atoms with Crippen molar-refractivity contribution in [1.82, 2.24) is 0 Å². The predicted octanol–water partition coefficient (Wildman–Crippen LogP) is 6.70. The summed E-state index contributed by atoms with van der Waals surface area (Å²) < 4.78 is 203. The largest absolute Gasteiger partial charge is 0.460 e. The van der Waals surface area contributed by atoms with E-state index in [2.05, 4.69) is 0 Å². The maximum Gasteiger partial charge on any atom is 0.460 e. The molecule has 0 heterocycles. The average Bonchev–Trinajstić information content (AvgIpc) is 2.41. The molecule has 0 aliphatic carbocycles. The quantitative estimate of drug-likeness (QED) is 0.384. The Kier molecular flexibility index (Phi) is 6.46. The molecule has 0 aromatic heterocycles. The van der Waals surface area contributed by atoms with Crippen molar-refractivity contribution in [3.63, 3.8) is 0 Å². The molecule has 1 unspecified atom stereocenters. The molecule has 0 spiro atoms. The number of halogens is 16. The highest BCUT2D eigenvalue weighted by Gasteiger charge is 2.90. The lowest BCUT2D eigenvalue weighted by atomic mass is 9.88. The lowest BCUT2D eigenvalue weighted by molar-refractivity contribution is -0.441. The van der Waals surface area contributed by atoms with Crippen LogP contribution in [-0.4, -0.2) is 42.0 Å². The van der Waals surface area contributed by atoms with E-state index in [9.17, 15) is 70.2 Å². The van der Waals surface area contributed by atoms with Gasteiger partial charge in [-0.05, 0) is 6.42 Å². The Morgan fingerprint density at radius 1 is 0.519 bits per heavy atom. The SMILES string of the molecule is CCC(CC(F)(F)C(F)(F)C(F)(F)C(F)(F)C(F)(F)C(F)(F)F)C(F)(F)F. The average molecular weight is 444 g/mol. The van der Waals surface area contributed by atoms with Gasteiger partial charge in [0.05, 0.1) is 5.92 Å². The van der Waals surface area contributed by atoms with Crippen LogP contribution in [0.5, 0.6) is 0 Å². The minimum absolute atomic E-state index is 0.469. The van der Waals surface area contributed by atoms with Crippen molar-refractivity contribution in [3.8, 4) is 0 Å². The van der Waals surface area contributed by atoms with Crippen molar-refractivity contribution in [2.75, 3.05) is 0 Å². The second-order valence-corrected chi connectivity index (χ2v) is 5.35. The first kappa shape index (κ1) is 25.9. The molecule has 0 saturated carbocycles. The minimum Gasteiger partial charge on any atom is -0.200 e. The number of rotatable bonds is 7. The molecule has 0 rings (SSSR count). The molecule has 0 aliphatic rings. The predicted molar refractivity (Wildman–Crippen MR) is 55.2 cm³/mol. The van der Waals surface area contributed by atoms with Crippen LogP contribution in [0.3, 0.4) is 0 Å². The van der Waals surface area contributed by atoms with Crippen LogP contribution in [0.1, 0.15) is 19.8 Å². The number of alkyl halides is 16. The molecule has 16 heteroatoms. The van der Waals surface area contributed by atoms with Gasteiger partial charge in [0.15, 0.2) is 0 Å². The molecule has 0 aromatic rings. The Bertz CT molecular complexity index is 509. The second-order valence-electron chi connectivity index (χ2n) is 5.35. The summed E-state index contributed by atoms with van der Waals surface area (Å²) in [6.07, 6.45) is -18.0. The van der Waals surface area contributed by atoms with Gasteiger partial charge in [0.1, 0.15) is 0 Å². The topological polar surface area (TPSA) is 0 Å². The maximum absolute atomic E-state index is 13.3. The fourth-order valence-corrected chi connectivity index (χ4v) is 1.73. The molecule has 1 atom stereocenters. The van der Waals surface area contributed by atoms with Crippen molar-refractivity contribution >= 4 is 0 Å². The van der Waals surface area contributed by atoms with E-state index in [0.717, 1.165) is 0 Å². The van der Waals surface area contributed by atoms with E-state index >= 15 is 0 Å². The van der Waals surface area contributed by atoms with Crippen LogP contribution in [0.2, 0.25) is 0 Å². The first-order valence-corrected chi connectivity index (χ1v) is 6.44. The summed E-state index contributed by atoms with van der Waals surface area (Å²) >= 11 is 0. The zero-order valence-corrected chi connectivity index (χ0v) is 12.5. The van der Waals surface area contributed by atoms with Gasteiger partial charge in [-0.2, -0.15) is 70.2 Å². The van der Waals surface area contributed by atoms with E-state index < -0.39 is 60.7 Å². The zero-order valence-electron chi connectivity index (χ0n) is 12.5. The maximum atomic E-state index is 13.3. The summed E-state index contributed by atoms with van der Waals surface area (Å²) in [7, 11) is 0. The molecular formula is C11H8F16. The number of hydrogen-bond donors (Lipinski definition) is 0. The monoisotopic (exact) mass is 444 g/mol. The van der Waals surface area contributed by atoms with Crippen LogP contribution in [0.4, 0.5) is 70.2 Å². The van der Waals surface area contributed by atoms with Gasteiger partial charge in [-0.15, -0.1) is 0 Å². The van der Waals surface area contributed by atoms with Gasteiger partial charge in [-0.25, -0.2) is 0 Å². The van der Waals surface area contributed by atoms with Crippen LogP contribution in [0, 0.1) is 5.92 Å². The van der Waals surface area contributed by atoms with E-state index in [1.54, 1.807) is 0 Å². The van der Waals surface area contributed by atoms with Gasteiger partial charge in [0.2, 0.25) is 0 Å². The minimum atomic E-state index is -8.12. The van der Waals surface area contributed by atoms with Gasteiger partial charge < -0.3 is 0 Å². The Morgan fingerprint density at radius 3 is 1.11 bits per heavy atom. The molecule has 0 bridgehead atoms. The van der Waals surface area contributed by atoms with E-state index in [1.807, 2.05) is 0 Å². The molecule has 0 radical (unpaired) electrons. The smallest absolute Gasteiger partial charge is 0.200 e. The lowest BCUT2D eigenvalue weighted by Crippen LogP contribution is -2.70. The first-order chi connectivity index (χ1) is 11.4. The Hall–Kier alpha value is -1.12. The Labute approximate surface area is 139 Å². The van der Waals surface area contributed by atoms with Crippen LogP contribution in [-0.2, 0) is 0 Å². The molecule has 0 amide bonds. The van der Waals surface area contributed by atoms with Crippen LogP contribution < -0.4 is 0 Å². The van der Waals surface area contributed by atoms with E-state index in [-0.39, 0.29) is 0 Å². The van der Waals surface area contributed by atoms with E-state index in [1.165, 1.54) is 0 Å². The fraction of sp³-hybridized carbons (Fsp3) is 1.00. The lowest BCUT2D eigenvalue weighted by Gasteiger charge is -2.40. The molecule has 27 heavy (non-hydrogen) atoms. The van der Waals surface area contributed by atoms with Gasteiger partial charge in [0.25, 0.3) is 0 Å². The van der Waals surface area contributed by atoms with E-state index in [0.29, 0.717) is 6.92 Å². The first-order valence-electron chi connectivity index (χ1n) is 6.44. The van der Waals surface area contributed by atoms with Crippen LogP contribution in [0.25, 0.3) is 0 Å². The van der Waals surface area contributed by atoms with Crippen molar-refractivity contribution in [3.05, 3.63) is 0 Å². The summed E-state index contributed by atoms with van der Waals surface area (Å²) in [5.41, 5.74) is 0. The third-order valence-corrected chi connectivity index (χ3v) is 3.46. The van der Waals surface area contributed by atoms with Gasteiger partial charge in [-0.1, -0.05) is 6.92 Å². The molecule has 0 aromatic carbocycles. The zero-order chi connectivity index (χ0) is 22.5. The summed E-state index contributed by atoms with van der Waals surface area (Å²) in [6, 6.07) is 0. The normalized spacial score (nSPS) is 17.2. The molecule has 0 nitrogen and oxygen atoms in total. The molecule has 164 valence electrons. The molecule has 0 N–H and O–H groups in total. The summed E-state index contributed by atoms with van der Waals surface area (Å²) in [5, 5.41) is 0. The highest BCUT2D eigenvalue weighted by molar-refractivity contribution is 5.10. The van der Waals surface area contributed by atoms with Crippen molar-refractivity contribution in [2.45, 2.75) is 61.7 Å². The Balaban J connectivity index is 6.23. The van der Waals surface area contributed by atoms with Gasteiger partial charge in [0, 0.05) is 6.42 Å². The third kappa shape index (κ3) is 4.03. The molecule has 0 fully saturated rings. The highest BCUT2D eigenvalue weighted by Crippen LogP contribution is 2.61. The molecular weight excluding hydrogens is 436 g/mol. The second kappa shape index (κ2) is 6.74. The van der Waals surface area contributed by atoms with Crippen molar-refractivity contribution in [1.29, 1.82) is 0 Å². The summed E-state index contributed by atoms with van der Waals surface area (Å²) in [5.74, 6) is -42.0. The van der Waals surface area contributed by atoms with Crippen LogP contribution in [0.15, 0.2) is 0 Å². The molecule has 0 saturated heterocycles. The van der Waals surface area contributed by atoms with Crippen LogP contribution >= 0.6 is 0 Å². The van der Waals surface area contributed by atoms with Crippen molar-refractivity contribution in [2.24, 2.45) is 5.92 Å². The fourth-order valence-electron chi connectivity index (χ4n) is 1.73. The highest BCUT2D eigenvalue weighted by atomic mass is 19.4. The summed E-state index contributed by atoms with van der Waals surface area (Å²) in [4.78, 5) is 0. The third-order valence-electron chi connectivity index (χ3n) is 3.46. The standard InChI is InChI=1S/C11H8F16/c1-2-4(6(14,15)16)3-5(12,13)7(17,18)8(19,20)9(21,22)10(23,24)11(25,26)27/h4H,2-3H2,1H3.